The molecule has 5 nitrogen and oxygen atoms in total. The van der Waals surface area contributed by atoms with Gasteiger partial charge in [-0.2, -0.15) is 5.10 Å². The highest BCUT2D eigenvalue weighted by atomic mass is 16.5. The van der Waals surface area contributed by atoms with Crippen LogP contribution in [0, 0.1) is 0 Å². The maximum Gasteiger partial charge on any atom is 0.247 e. The Balaban J connectivity index is 1.72. The Labute approximate surface area is 151 Å². The summed E-state index contributed by atoms with van der Waals surface area (Å²) in [6.07, 6.45) is 1.42. The minimum atomic E-state index is -0.358. The molecule has 1 atom stereocenters. The highest BCUT2D eigenvalue weighted by Gasteiger charge is 2.15. The molecule has 0 unspecified atom stereocenters. The Morgan fingerprint density at radius 1 is 1.12 bits per heavy atom. The number of hydrogen-bond donors (Lipinski definition) is 2. The van der Waals surface area contributed by atoms with Crippen molar-refractivity contribution in [1.29, 1.82) is 0 Å². The molecule has 0 heterocycles. The predicted molar refractivity (Wildman–Crippen MR) is 103 cm³/mol. The van der Waals surface area contributed by atoms with Crippen LogP contribution in [0.4, 0.5) is 0 Å². The number of benzene rings is 3. The number of ether oxygens (including phenoxy) is 1. The summed E-state index contributed by atoms with van der Waals surface area (Å²) in [6.45, 7) is 1.83. The van der Waals surface area contributed by atoms with Crippen molar-refractivity contribution in [2.24, 2.45) is 5.10 Å². The average Bonchev–Trinajstić information content (AvgIpc) is 2.67. The molecule has 5 heteroatoms. The zero-order valence-corrected chi connectivity index (χ0v) is 14.6. The smallest absolute Gasteiger partial charge is 0.247 e. The van der Waals surface area contributed by atoms with Crippen LogP contribution >= 0.6 is 0 Å². The van der Waals surface area contributed by atoms with Crippen LogP contribution in [0.1, 0.15) is 24.0 Å². The molecule has 26 heavy (non-hydrogen) atoms. The number of fused-ring (bicyclic) bond motifs is 1. The van der Waals surface area contributed by atoms with E-state index in [0.29, 0.717) is 5.56 Å². The fraction of sp³-hybridized carbons (Fsp3) is 0.143. The molecule has 0 radical (unpaired) electrons. The second-order valence-electron chi connectivity index (χ2n) is 5.99. The van der Waals surface area contributed by atoms with Crippen LogP contribution in [-0.2, 0) is 4.79 Å². The Kier molecular flexibility index (Phi) is 5.17. The maximum atomic E-state index is 12.3. The van der Waals surface area contributed by atoms with Gasteiger partial charge in [-0.15, -0.1) is 0 Å². The van der Waals surface area contributed by atoms with Crippen molar-refractivity contribution in [3.8, 4) is 11.5 Å². The van der Waals surface area contributed by atoms with Gasteiger partial charge in [0.1, 0.15) is 11.5 Å². The first-order valence-corrected chi connectivity index (χ1v) is 8.27. The van der Waals surface area contributed by atoms with Crippen molar-refractivity contribution in [1.82, 2.24) is 5.43 Å². The summed E-state index contributed by atoms with van der Waals surface area (Å²) in [4.78, 5) is 12.3. The Morgan fingerprint density at radius 2 is 1.85 bits per heavy atom. The number of aromatic hydroxyl groups is 1. The summed E-state index contributed by atoms with van der Waals surface area (Å²) in [6, 6.07) is 18.5. The van der Waals surface area contributed by atoms with Gasteiger partial charge >= 0.3 is 0 Å². The van der Waals surface area contributed by atoms with Crippen molar-refractivity contribution in [2.75, 3.05) is 7.11 Å². The summed E-state index contributed by atoms with van der Waals surface area (Å²) in [7, 11) is 1.64. The molecule has 1 amide bonds. The van der Waals surface area contributed by atoms with Crippen LogP contribution in [0.25, 0.3) is 10.8 Å². The van der Waals surface area contributed by atoms with E-state index < -0.39 is 0 Å². The lowest BCUT2D eigenvalue weighted by molar-refractivity contribution is -0.122. The molecular weight excluding hydrogens is 328 g/mol. The van der Waals surface area contributed by atoms with Crippen LogP contribution < -0.4 is 10.2 Å². The van der Waals surface area contributed by atoms with Crippen molar-refractivity contribution >= 4 is 22.9 Å². The average molecular weight is 348 g/mol. The Bertz CT molecular complexity index is 966. The quantitative estimate of drug-likeness (QED) is 0.544. The Hall–Kier alpha value is -3.34. The zero-order chi connectivity index (χ0) is 18.5. The molecule has 0 bridgehead atoms. The van der Waals surface area contributed by atoms with Crippen LogP contribution in [-0.4, -0.2) is 24.3 Å². The fourth-order valence-electron chi connectivity index (χ4n) is 2.65. The number of phenols is 1. The van der Waals surface area contributed by atoms with Crippen LogP contribution in [0.3, 0.4) is 0 Å². The highest BCUT2D eigenvalue weighted by Crippen LogP contribution is 2.25. The number of para-hydroxylation sites is 1. The molecule has 0 aliphatic rings. The zero-order valence-electron chi connectivity index (χ0n) is 14.6. The molecule has 0 aliphatic carbocycles. The van der Waals surface area contributed by atoms with Gasteiger partial charge in [0, 0.05) is 5.56 Å². The van der Waals surface area contributed by atoms with Crippen LogP contribution in [0.15, 0.2) is 65.8 Å². The number of hydrazone groups is 1. The summed E-state index contributed by atoms with van der Waals surface area (Å²) >= 11 is 0. The molecule has 0 aliphatic heterocycles. The minimum Gasteiger partial charge on any atom is -0.507 e. The second kappa shape index (κ2) is 7.70. The van der Waals surface area contributed by atoms with E-state index in [2.05, 4.69) is 10.5 Å². The van der Waals surface area contributed by atoms with E-state index in [-0.39, 0.29) is 17.6 Å². The number of carbonyl (C=O) groups is 1. The predicted octanol–water partition coefficient (Wildman–Crippen LogP) is 3.81. The minimum absolute atomic E-state index is 0.114. The largest absolute Gasteiger partial charge is 0.507 e. The van der Waals surface area contributed by atoms with E-state index in [1.807, 2.05) is 43.3 Å². The molecule has 0 aromatic heterocycles. The SMILES string of the molecule is COc1ccc2cc([C@@H](C)C(=O)N/N=C\c3ccccc3O)ccc2c1. The van der Waals surface area contributed by atoms with Crippen molar-refractivity contribution in [2.45, 2.75) is 12.8 Å². The fourth-order valence-corrected chi connectivity index (χ4v) is 2.65. The first-order chi connectivity index (χ1) is 12.6. The van der Waals surface area contributed by atoms with E-state index in [1.165, 1.54) is 6.21 Å². The number of rotatable bonds is 5. The van der Waals surface area contributed by atoms with Crippen molar-refractivity contribution in [3.63, 3.8) is 0 Å². The van der Waals surface area contributed by atoms with Gasteiger partial charge in [0.05, 0.1) is 19.2 Å². The number of nitrogens with zero attached hydrogens (tertiary/aromatic N) is 1. The monoisotopic (exact) mass is 348 g/mol. The van der Waals surface area contributed by atoms with Gasteiger partial charge in [-0.1, -0.05) is 36.4 Å². The molecule has 0 fully saturated rings. The van der Waals surface area contributed by atoms with E-state index in [1.54, 1.807) is 31.4 Å². The molecule has 0 saturated carbocycles. The second-order valence-corrected chi connectivity index (χ2v) is 5.99. The van der Waals surface area contributed by atoms with Crippen molar-refractivity contribution < 1.29 is 14.6 Å². The van der Waals surface area contributed by atoms with Gasteiger partial charge in [0.2, 0.25) is 5.91 Å². The summed E-state index contributed by atoms with van der Waals surface area (Å²) in [5.74, 6) is 0.339. The maximum absolute atomic E-state index is 12.3. The van der Waals surface area contributed by atoms with E-state index in [9.17, 15) is 9.90 Å². The molecule has 3 rings (SSSR count). The van der Waals surface area contributed by atoms with Crippen LogP contribution in [0.5, 0.6) is 11.5 Å². The normalized spacial score (nSPS) is 12.2. The van der Waals surface area contributed by atoms with Crippen molar-refractivity contribution in [3.05, 3.63) is 71.8 Å². The molecule has 0 spiro atoms. The molecule has 3 aromatic rings. The molecular formula is C21H20N2O3. The molecule has 3 aromatic carbocycles. The number of carbonyl (C=O) groups excluding carboxylic acids is 1. The number of nitrogens with one attached hydrogen (secondary N) is 1. The van der Waals surface area contributed by atoms with Gasteiger partial charge in [0.15, 0.2) is 0 Å². The first-order valence-electron chi connectivity index (χ1n) is 8.27. The van der Waals surface area contributed by atoms with E-state index in [0.717, 1.165) is 22.1 Å². The molecule has 132 valence electrons. The van der Waals surface area contributed by atoms with E-state index in [4.69, 9.17) is 4.74 Å². The number of amides is 1. The molecule has 0 saturated heterocycles. The summed E-state index contributed by atoms with van der Waals surface area (Å²) in [5, 5.41) is 15.7. The lowest BCUT2D eigenvalue weighted by atomic mass is 9.97. The van der Waals surface area contributed by atoms with Gasteiger partial charge < -0.3 is 9.84 Å². The summed E-state index contributed by atoms with van der Waals surface area (Å²) < 4.78 is 5.23. The van der Waals surface area contributed by atoms with Gasteiger partial charge in [0.25, 0.3) is 0 Å². The lowest BCUT2D eigenvalue weighted by Crippen LogP contribution is -2.23. The third-order valence-corrected chi connectivity index (χ3v) is 4.28. The number of methoxy groups -OCH3 is 1. The first kappa shape index (κ1) is 17.5. The third kappa shape index (κ3) is 3.83. The topological polar surface area (TPSA) is 70.9 Å². The van der Waals surface area contributed by atoms with E-state index >= 15 is 0 Å². The number of hydrogen-bond acceptors (Lipinski definition) is 4. The van der Waals surface area contributed by atoms with Gasteiger partial charge in [-0.05, 0) is 47.5 Å². The van der Waals surface area contributed by atoms with Gasteiger partial charge in [-0.3, -0.25) is 4.79 Å². The van der Waals surface area contributed by atoms with Crippen LogP contribution in [0.2, 0.25) is 0 Å². The lowest BCUT2D eigenvalue weighted by Gasteiger charge is -2.11. The highest BCUT2D eigenvalue weighted by molar-refractivity contribution is 5.89. The van der Waals surface area contributed by atoms with Gasteiger partial charge in [-0.25, -0.2) is 5.43 Å². The summed E-state index contributed by atoms with van der Waals surface area (Å²) in [5.41, 5.74) is 3.96. The third-order valence-electron chi connectivity index (χ3n) is 4.28. The Morgan fingerprint density at radius 3 is 2.62 bits per heavy atom. The number of phenolic OH excluding ortho intramolecular Hbond substituents is 1. The standard InChI is InChI=1S/C21H20N2O3/c1-14(21(25)23-22-13-18-5-3-4-6-20(18)24)15-7-8-17-12-19(26-2)10-9-16(17)11-15/h3-14,24H,1-2H3,(H,23,25)/b22-13-/t14-/m1/s1. The molecule has 2 N–H and O–H groups in total.